The lowest BCUT2D eigenvalue weighted by Crippen LogP contribution is -2.60. The van der Waals surface area contributed by atoms with Crippen LogP contribution in [0.4, 0.5) is 4.39 Å². The molecule has 1 aromatic rings. The summed E-state index contributed by atoms with van der Waals surface area (Å²) in [7, 11) is 1.61. The van der Waals surface area contributed by atoms with E-state index in [0.717, 1.165) is 4.47 Å². The number of guanidine groups is 1. The number of carbonyl (C=O) groups excluding carboxylic acids is 1. The van der Waals surface area contributed by atoms with Crippen LogP contribution in [0.3, 0.4) is 0 Å². The second-order valence-electron chi connectivity index (χ2n) is 5.78. The SMILES string of the molecule is CN1C(=O)C2CCOCC2(Cc2cc(Br)ccc2F)N=C1N. The van der Waals surface area contributed by atoms with Crippen molar-refractivity contribution in [3.8, 4) is 0 Å². The van der Waals surface area contributed by atoms with Crippen LogP contribution in [0.25, 0.3) is 0 Å². The number of carbonyl (C=O) groups is 1. The molecule has 2 aliphatic rings. The number of nitrogens with zero attached hydrogens (tertiary/aromatic N) is 2. The van der Waals surface area contributed by atoms with Crippen LogP contribution in [-0.4, -0.2) is 42.6 Å². The fourth-order valence-electron chi connectivity index (χ4n) is 3.15. The molecule has 0 radical (unpaired) electrons. The van der Waals surface area contributed by atoms with Gasteiger partial charge in [0.25, 0.3) is 0 Å². The summed E-state index contributed by atoms with van der Waals surface area (Å²) in [5.41, 5.74) is 5.55. The molecule has 2 N–H and O–H groups in total. The van der Waals surface area contributed by atoms with Crippen molar-refractivity contribution in [1.82, 2.24) is 4.90 Å². The van der Waals surface area contributed by atoms with Crippen molar-refractivity contribution in [1.29, 1.82) is 0 Å². The molecule has 2 heterocycles. The highest BCUT2D eigenvalue weighted by molar-refractivity contribution is 9.10. The molecular weight excluding hydrogens is 353 g/mol. The summed E-state index contributed by atoms with van der Waals surface area (Å²) in [4.78, 5) is 18.4. The Balaban J connectivity index is 2.04. The Labute approximate surface area is 136 Å². The van der Waals surface area contributed by atoms with Crippen molar-refractivity contribution in [2.24, 2.45) is 16.6 Å². The molecule has 0 spiro atoms. The second kappa shape index (κ2) is 5.62. The minimum Gasteiger partial charge on any atom is -0.379 e. The Hall–Kier alpha value is -1.47. The van der Waals surface area contributed by atoms with E-state index in [9.17, 15) is 9.18 Å². The maximum Gasteiger partial charge on any atom is 0.234 e. The number of amides is 1. The number of hydrogen-bond acceptors (Lipinski definition) is 4. The summed E-state index contributed by atoms with van der Waals surface area (Å²) in [6, 6.07) is 4.76. The van der Waals surface area contributed by atoms with Gasteiger partial charge in [-0.15, -0.1) is 0 Å². The predicted molar refractivity (Wildman–Crippen MR) is 83.9 cm³/mol. The van der Waals surface area contributed by atoms with Gasteiger partial charge in [0, 0.05) is 24.5 Å². The fraction of sp³-hybridized carbons (Fsp3) is 0.467. The summed E-state index contributed by atoms with van der Waals surface area (Å²) >= 11 is 3.35. The molecule has 0 saturated carbocycles. The van der Waals surface area contributed by atoms with Crippen LogP contribution in [0.1, 0.15) is 12.0 Å². The van der Waals surface area contributed by atoms with Crippen LogP contribution in [0.2, 0.25) is 0 Å². The molecule has 0 bridgehead atoms. The van der Waals surface area contributed by atoms with Gasteiger partial charge in [0.2, 0.25) is 5.91 Å². The molecule has 1 fully saturated rings. The first-order valence-corrected chi connectivity index (χ1v) is 7.87. The highest BCUT2D eigenvalue weighted by atomic mass is 79.9. The van der Waals surface area contributed by atoms with E-state index in [-0.39, 0.29) is 36.6 Å². The third-order valence-electron chi connectivity index (χ3n) is 4.37. The van der Waals surface area contributed by atoms with Gasteiger partial charge in [-0.05, 0) is 30.2 Å². The highest BCUT2D eigenvalue weighted by Crippen LogP contribution is 2.38. The standard InChI is InChI=1S/C15H17BrFN3O2/c1-20-13(21)11-4-5-22-8-15(11,19-14(20)18)7-9-6-10(16)2-3-12(9)17/h2-3,6,11H,4-5,7-8H2,1H3,(H2,18,19). The maximum atomic E-state index is 14.1. The number of nitrogens with two attached hydrogens (primary N) is 1. The van der Waals surface area contributed by atoms with Gasteiger partial charge in [-0.1, -0.05) is 15.9 Å². The van der Waals surface area contributed by atoms with Crippen LogP contribution in [0.5, 0.6) is 0 Å². The van der Waals surface area contributed by atoms with Crippen LogP contribution in [-0.2, 0) is 16.0 Å². The molecule has 0 aromatic heterocycles. The zero-order valence-electron chi connectivity index (χ0n) is 12.2. The van der Waals surface area contributed by atoms with Crippen molar-refractivity contribution < 1.29 is 13.9 Å². The lowest BCUT2D eigenvalue weighted by molar-refractivity contribution is -0.139. The van der Waals surface area contributed by atoms with Crippen molar-refractivity contribution in [3.63, 3.8) is 0 Å². The monoisotopic (exact) mass is 369 g/mol. The second-order valence-corrected chi connectivity index (χ2v) is 6.69. The normalized spacial score (nSPS) is 28.3. The minimum absolute atomic E-state index is 0.0776. The summed E-state index contributed by atoms with van der Waals surface area (Å²) < 4.78 is 20.4. The van der Waals surface area contributed by atoms with E-state index in [1.54, 1.807) is 19.2 Å². The van der Waals surface area contributed by atoms with Gasteiger partial charge in [0.15, 0.2) is 5.96 Å². The number of hydrogen-bond donors (Lipinski definition) is 1. The topological polar surface area (TPSA) is 67.9 Å². The number of halogens is 2. The third-order valence-corrected chi connectivity index (χ3v) is 4.86. The third kappa shape index (κ3) is 2.52. The van der Waals surface area contributed by atoms with Crippen LogP contribution in [0.15, 0.2) is 27.7 Å². The molecule has 7 heteroatoms. The summed E-state index contributed by atoms with van der Waals surface area (Å²) in [5.74, 6) is -0.577. The summed E-state index contributed by atoms with van der Waals surface area (Å²) in [5, 5.41) is 0. The summed E-state index contributed by atoms with van der Waals surface area (Å²) in [6.45, 7) is 0.770. The molecule has 22 heavy (non-hydrogen) atoms. The quantitative estimate of drug-likeness (QED) is 0.862. The minimum atomic E-state index is -0.826. The van der Waals surface area contributed by atoms with Crippen molar-refractivity contribution in [2.45, 2.75) is 18.4 Å². The number of aliphatic imine (C=N–C) groups is 1. The lowest BCUT2D eigenvalue weighted by atomic mass is 9.75. The van der Waals surface area contributed by atoms with Crippen LogP contribution < -0.4 is 5.73 Å². The van der Waals surface area contributed by atoms with E-state index in [4.69, 9.17) is 10.5 Å². The molecular formula is C15H17BrFN3O2. The van der Waals surface area contributed by atoms with E-state index in [1.807, 2.05) is 0 Å². The Kier molecular flexibility index (Phi) is 3.94. The number of fused-ring (bicyclic) bond motifs is 1. The molecule has 5 nitrogen and oxygen atoms in total. The Morgan fingerprint density at radius 1 is 1.59 bits per heavy atom. The molecule has 1 aromatic carbocycles. The molecule has 118 valence electrons. The molecule has 1 saturated heterocycles. The van der Waals surface area contributed by atoms with Gasteiger partial charge in [-0.3, -0.25) is 9.69 Å². The van der Waals surface area contributed by atoms with Gasteiger partial charge in [-0.2, -0.15) is 0 Å². The first-order chi connectivity index (χ1) is 10.4. The molecule has 2 unspecified atom stereocenters. The van der Waals surface area contributed by atoms with Gasteiger partial charge in [0.1, 0.15) is 11.4 Å². The summed E-state index contributed by atoms with van der Waals surface area (Å²) in [6.07, 6.45) is 0.846. The Morgan fingerprint density at radius 2 is 2.36 bits per heavy atom. The van der Waals surface area contributed by atoms with Gasteiger partial charge < -0.3 is 10.5 Å². The molecule has 2 aliphatic heterocycles. The van der Waals surface area contributed by atoms with Gasteiger partial charge >= 0.3 is 0 Å². The zero-order chi connectivity index (χ0) is 15.9. The molecule has 2 atom stereocenters. The maximum absolute atomic E-state index is 14.1. The first kappa shape index (κ1) is 15.4. The first-order valence-electron chi connectivity index (χ1n) is 7.07. The van der Waals surface area contributed by atoms with Crippen molar-refractivity contribution in [2.75, 3.05) is 20.3 Å². The van der Waals surface area contributed by atoms with E-state index < -0.39 is 5.54 Å². The lowest BCUT2D eigenvalue weighted by Gasteiger charge is -2.45. The average molecular weight is 370 g/mol. The Morgan fingerprint density at radius 3 is 3.14 bits per heavy atom. The molecule has 1 amide bonds. The number of ether oxygens (including phenoxy) is 1. The number of rotatable bonds is 2. The van der Waals surface area contributed by atoms with E-state index in [2.05, 4.69) is 20.9 Å². The van der Waals surface area contributed by atoms with E-state index in [0.29, 0.717) is 18.6 Å². The van der Waals surface area contributed by atoms with Crippen LogP contribution >= 0.6 is 15.9 Å². The average Bonchev–Trinajstić information content (AvgIpc) is 2.49. The molecule has 3 rings (SSSR count). The molecule has 0 aliphatic carbocycles. The largest absolute Gasteiger partial charge is 0.379 e. The van der Waals surface area contributed by atoms with Crippen molar-refractivity contribution in [3.05, 3.63) is 34.1 Å². The number of benzene rings is 1. The van der Waals surface area contributed by atoms with E-state index in [1.165, 1.54) is 11.0 Å². The van der Waals surface area contributed by atoms with E-state index >= 15 is 0 Å². The van der Waals surface area contributed by atoms with Gasteiger partial charge in [-0.25, -0.2) is 9.38 Å². The zero-order valence-corrected chi connectivity index (χ0v) is 13.8. The fourth-order valence-corrected chi connectivity index (χ4v) is 3.56. The smallest absolute Gasteiger partial charge is 0.234 e. The van der Waals surface area contributed by atoms with Crippen molar-refractivity contribution >= 4 is 27.8 Å². The Bertz CT molecular complexity index is 652. The predicted octanol–water partition coefficient (Wildman–Crippen LogP) is 1.69. The highest BCUT2D eigenvalue weighted by Gasteiger charge is 2.50. The van der Waals surface area contributed by atoms with Gasteiger partial charge in [0.05, 0.1) is 12.5 Å². The van der Waals surface area contributed by atoms with Crippen LogP contribution in [0, 0.1) is 11.7 Å².